The van der Waals surface area contributed by atoms with Gasteiger partial charge in [0, 0.05) is 25.7 Å². The Kier molecular flexibility index (Phi) is 5.59. The molecule has 0 atom stereocenters. The van der Waals surface area contributed by atoms with Crippen LogP contribution in [0.1, 0.15) is 10.4 Å². The number of phenolic OH excluding ortho intramolecular Hbond substituents is 1. The second-order valence-electron chi connectivity index (χ2n) is 2.62. The third-order valence-electron chi connectivity index (χ3n) is 1.53. The number of hydrogen-bond acceptors (Lipinski definition) is 3. The maximum Gasteiger partial charge on any atom is 0.322 e. The summed E-state index contributed by atoms with van der Waals surface area (Å²) in [7, 11) is 0. The molecule has 3 N–H and O–H groups in total. The van der Waals surface area contributed by atoms with Crippen LogP contribution >= 0.6 is 0 Å². The van der Waals surface area contributed by atoms with Gasteiger partial charge in [-0.2, -0.15) is 0 Å². The van der Waals surface area contributed by atoms with Gasteiger partial charge in [0.2, 0.25) is 0 Å². The molecule has 15 heavy (non-hydrogen) atoms. The molecule has 6 heteroatoms. The molecule has 0 heterocycles. The van der Waals surface area contributed by atoms with Crippen molar-refractivity contribution in [2.75, 3.05) is 6.54 Å². The number of carboxylic acids is 1. The Bertz CT molecular complexity index is 350. The van der Waals surface area contributed by atoms with Gasteiger partial charge in [0.1, 0.15) is 12.3 Å². The molecule has 1 aromatic rings. The van der Waals surface area contributed by atoms with Gasteiger partial charge in [-0.3, -0.25) is 9.59 Å². The van der Waals surface area contributed by atoms with Gasteiger partial charge in [-0.05, 0) is 24.3 Å². The van der Waals surface area contributed by atoms with Crippen molar-refractivity contribution in [2.24, 2.45) is 0 Å². The summed E-state index contributed by atoms with van der Waals surface area (Å²) in [5, 5.41) is 19.4. The molecule has 5 nitrogen and oxygen atoms in total. The molecule has 1 aromatic carbocycles. The molecule has 0 aromatic heterocycles. The normalized spacial score (nSPS) is 8.80. The van der Waals surface area contributed by atoms with Crippen molar-refractivity contribution in [3.05, 3.63) is 29.8 Å². The Morgan fingerprint density at radius 1 is 1.20 bits per heavy atom. The molecule has 0 aliphatic carbocycles. The van der Waals surface area contributed by atoms with E-state index in [1.165, 1.54) is 24.3 Å². The monoisotopic (exact) mass is 294 g/mol. The third-order valence-corrected chi connectivity index (χ3v) is 1.53. The summed E-state index contributed by atoms with van der Waals surface area (Å²) < 4.78 is 0. The van der Waals surface area contributed by atoms with Crippen LogP contribution in [0.5, 0.6) is 5.75 Å². The number of nitrogens with one attached hydrogen (secondary N) is 1. The summed E-state index contributed by atoms with van der Waals surface area (Å²) in [5.74, 6) is -1.52. The van der Waals surface area contributed by atoms with Crippen molar-refractivity contribution in [1.29, 1.82) is 0 Å². The van der Waals surface area contributed by atoms with E-state index >= 15 is 0 Å². The Morgan fingerprint density at radius 3 is 2.20 bits per heavy atom. The SMILES string of the molecule is O=C(O)CNC(=O)c1ccc(O)cc1.[99Tc]. The summed E-state index contributed by atoms with van der Waals surface area (Å²) in [5.41, 5.74) is 0.309. The average Bonchev–Trinajstić information content (AvgIpc) is 2.15. The minimum Gasteiger partial charge on any atom is -0.508 e. The van der Waals surface area contributed by atoms with Gasteiger partial charge < -0.3 is 15.5 Å². The van der Waals surface area contributed by atoms with Gasteiger partial charge in [0.25, 0.3) is 5.91 Å². The minimum atomic E-state index is -1.10. The number of rotatable bonds is 3. The molecule has 0 aliphatic heterocycles. The first kappa shape index (κ1) is 13.6. The van der Waals surface area contributed by atoms with Crippen LogP contribution in [-0.2, 0) is 24.9 Å². The molecule has 1 amide bonds. The van der Waals surface area contributed by atoms with E-state index in [1.807, 2.05) is 0 Å². The standard InChI is InChI=1S/C9H9NO4.Tc/c11-7-3-1-6(2-4-7)9(14)10-5-8(12)13;/h1-4,11H,5H2,(H,10,14)(H,12,13);/i;1+1. The molecule has 81 valence electrons. The van der Waals surface area contributed by atoms with E-state index in [0.29, 0.717) is 5.56 Å². The molecule has 0 saturated carbocycles. The molecule has 0 spiro atoms. The Balaban J connectivity index is 0.00000196. The molecule has 0 unspecified atom stereocenters. The number of carbonyl (C=O) groups is 2. The van der Waals surface area contributed by atoms with E-state index < -0.39 is 18.4 Å². The Hall–Kier alpha value is -1.39. The number of carboxylic acid groups (broad SMARTS) is 1. The number of hydrogen-bond donors (Lipinski definition) is 3. The van der Waals surface area contributed by atoms with Crippen LogP contribution in [0.3, 0.4) is 0 Å². The first-order valence-electron chi connectivity index (χ1n) is 3.88. The van der Waals surface area contributed by atoms with Crippen LogP contribution in [0.2, 0.25) is 0 Å². The molecule has 1 rings (SSSR count). The van der Waals surface area contributed by atoms with Crippen molar-refractivity contribution < 1.29 is 39.9 Å². The molecule has 0 saturated heterocycles. The van der Waals surface area contributed by atoms with Gasteiger partial charge in [-0.1, -0.05) is 0 Å². The maximum absolute atomic E-state index is 11.2. The summed E-state index contributed by atoms with van der Waals surface area (Å²) >= 11 is 0. The summed E-state index contributed by atoms with van der Waals surface area (Å²) in [6.45, 7) is -0.417. The third kappa shape index (κ3) is 4.58. The summed E-state index contributed by atoms with van der Waals surface area (Å²) in [6.07, 6.45) is 0. The molecular weight excluding hydrogens is 285 g/mol. The number of aliphatic carboxylic acids is 1. The van der Waals surface area contributed by atoms with Gasteiger partial charge in [-0.15, -0.1) is 0 Å². The second kappa shape index (κ2) is 6.16. The minimum absolute atomic E-state index is 0. The van der Waals surface area contributed by atoms with Gasteiger partial charge in [0.05, 0.1) is 0 Å². The first-order valence-corrected chi connectivity index (χ1v) is 3.88. The van der Waals surface area contributed by atoms with Crippen molar-refractivity contribution in [3.8, 4) is 5.75 Å². The Labute approximate surface area is 99.5 Å². The van der Waals surface area contributed by atoms with Crippen LogP contribution in [0.4, 0.5) is 0 Å². The van der Waals surface area contributed by atoms with Crippen molar-refractivity contribution in [2.45, 2.75) is 0 Å². The van der Waals surface area contributed by atoms with E-state index in [9.17, 15) is 9.59 Å². The zero-order valence-electron chi connectivity index (χ0n) is 7.61. The van der Waals surface area contributed by atoms with E-state index in [4.69, 9.17) is 10.2 Å². The van der Waals surface area contributed by atoms with Gasteiger partial charge in [0.15, 0.2) is 0 Å². The van der Waals surface area contributed by atoms with Crippen LogP contribution in [0.25, 0.3) is 0 Å². The van der Waals surface area contributed by atoms with Crippen LogP contribution in [-0.4, -0.2) is 28.6 Å². The fraction of sp³-hybridized carbons (Fsp3) is 0.111. The fourth-order valence-electron chi connectivity index (χ4n) is 0.871. The van der Waals surface area contributed by atoms with Crippen molar-refractivity contribution in [1.82, 2.24) is 5.32 Å². The van der Waals surface area contributed by atoms with E-state index in [2.05, 4.69) is 5.32 Å². The number of amides is 1. The zero-order chi connectivity index (χ0) is 10.6. The molecule has 1 radical (unpaired) electrons. The van der Waals surface area contributed by atoms with E-state index in [-0.39, 0.29) is 25.9 Å². The first-order chi connectivity index (χ1) is 6.59. The predicted molar refractivity (Wildman–Crippen MR) is 48.1 cm³/mol. The quantitative estimate of drug-likeness (QED) is 0.743. The van der Waals surface area contributed by atoms with Crippen LogP contribution in [0, 0.1) is 0 Å². The fourth-order valence-corrected chi connectivity index (χ4v) is 0.871. The van der Waals surface area contributed by atoms with E-state index in [1.54, 1.807) is 0 Å². The largest absolute Gasteiger partial charge is 0.508 e. The van der Waals surface area contributed by atoms with Gasteiger partial charge >= 0.3 is 5.97 Å². The van der Waals surface area contributed by atoms with Crippen LogP contribution in [0.15, 0.2) is 24.3 Å². The van der Waals surface area contributed by atoms with E-state index in [0.717, 1.165) is 0 Å². The molecule has 0 bridgehead atoms. The Morgan fingerprint density at radius 2 is 1.73 bits per heavy atom. The van der Waals surface area contributed by atoms with Crippen molar-refractivity contribution in [3.63, 3.8) is 0 Å². The number of benzene rings is 1. The maximum atomic E-state index is 11.2. The van der Waals surface area contributed by atoms with Crippen molar-refractivity contribution >= 4 is 11.9 Å². The average molecular weight is 294 g/mol. The smallest absolute Gasteiger partial charge is 0.322 e. The number of aromatic hydroxyl groups is 1. The topological polar surface area (TPSA) is 86.6 Å². The predicted octanol–water partition coefficient (Wildman–Crippen LogP) is 0.204. The molecular formula is C9H9NO4Tc. The second-order valence-corrected chi connectivity index (χ2v) is 2.62. The van der Waals surface area contributed by atoms with Gasteiger partial charge in [-0.25, -0.2) is 0 Å². The molecule has 0 aliphatic rings. The number of carbonyl (C=O) groups excluding carboxylic acids is 1. The summed E-state index contributed by atoms with van der Waals surface area (Å²) in [6, 6.07) is 5.53. The zero-order valence-corrected chi connectivity index (χ0v) is 9.46. The molecule has 0 fully saturated rings. The summed E-state index contributed by atoms with van der Waals surface area (Å²) in [4.78, 5) is 21.3. The van der Waals surface area contributed by atoms with Crippen LogP contribution < -0.4 is 5.32 Å². The number of phenols is 1.